The maximum atomic E-state index is 8.88. The third-order valence-electron chi connectivity index (χ3n) is 4.92. The normalized spacial score (nSPS) is 10.5. The van der Waals surface area contributed by atoms with E-state index < -0.39 is 0 Å². The van der Waals surface area contributed by atoms with Gasteiger partial charge < -0.3 is 4.74 Å². The molecule has 2 aromatic carbocycles. The first-order chi connectivity index (χ1) is 14.3. The summed E-state index contributed by atoms with van der Waals surface area (Å²) in [5.74, 6) is 0.502. The van der Waals surface area contributed by atoms with Crippen molar-refractivity contribution in [3.05, 3.63) is 77.6 Å². The van der Waals surface area contributed by atoms with E-state index in [1.807, 2.05) is 12.1 Å². The van der Waals surface area contributed by atoms with Crippen molar-refractivity contribution in [3.8, 4) is 23.2 Å². The molecule has 0 spiro atoms. The number of benzene rings is 2. The summed E-state index contributed by atoms with van der Waals surface area (Å²) in [4.78, 5) is 8.76. The minimum Gasteiger partial charge on any atom is -0.472 e. The monoisotopic (exact) mass is 385 g/mol. The van der Waals surface area contributed by atoms with Crippen LogP contribution >= 0.6 is 0 Å². The Balaban J connectivity index is 1.47. The summed E-state index contributed by atoms with van der Waals surface area (Å²) in [6, 6.07) is 18.0. The Morgan fingerprint density at radius 3 is 2.21 bits per heavy atom. The molecule has 0 fully saturated rings. The lowest BCUT2D eigenvalue weighted by atomic mass is 10.0. The number of rotatable bonds is 10. The van der Waals surface area contributed by atoms with Crippen LogP contribution in [0.15, 0.2) is 60.9 Å². The van der Waals surface area contributed by atoms with E-state index in [1.165, 1.54) is 37.7 Å². The van der Waals surface area contributed by atoms with Crippen molar-refractivity contribution in [1.29, 1.82) is 5.26 Å². The highest BCUT2D eigenvalue weighted by Crippen LogP contribution is 2.18. The van der Waals surface area contributed by atoms with Crippen molar-refractivity contribution in [2.75, 3.05) is 0 Å². The van der Waals surface area contributed by atoms with Gasteiger partial charge in [-0.2, -0.15) is 5.26 Å². The Bertz CT molecular complexity index is 910. The fourth-order valence-corrected chi connectivity index (χ4v) is 3.15. The second kappa shape index (κ2) is 11.0. The van der Waals surface area contributed by atoms with Gasteiger partial charge in [0.2, 0.25) is 5.88 Å². The van der Waals surface area contributed by atoms with Gasteiger partial charge in [-0.05, 0) is 36.1 Å². The highest BCUT2D eigenvalue weighted by Gasteiger charge is 2.03. The van der Waals surface area contributed by atoms with Crippen LogP contribution in [0.5, 0.6) is 5.88 Å². The van der Waals surface area contributed by atoms with Crippen LogP contribution in [0, 0.1) is 11.3 Å². The molecule has 0 saturated heterocycles. The lowest BCUT2D eigenvalue weighted by molar-refractivity contribution is 0.292. The number of hydrogen-bond donors (Lipinski definition) is 0. The molecule has 3 aromatic rings. The maximum Gasteiger partial charge on any atom is 0.232 e. The summed E-state index contributed by atoms with van der Waals surface area (Å²) in [7, 11) is 0. The molecule has 0 atom stereocenters. The van der Waals surface area contributed by atoms with Gasteiger partial charge in [0, 0.05) is 5.56 Å². The second-order valence-corrected chi connectivity index (χ2v) is 7.20. The van der Waals surface area contributed by atoms with Crippen LogP contribution in [0.2, 0.25) is 0 Å². The molecule has 0 bridgehead atoms. The molecule has 0 radical (unpaired) electrons. The molecule has 4 heteroatoms. The first-order valence-corrected chi connectivity index (χ1v) is 10.3. The van der Waals surface area contributed by atoms with Gasteiger partial charge in [-0.15, -0.1) is 0 Å². The number of unbranched alkanes of at least 4 members (excludes halogenated alkanes) is 4. The van der Waals surface area contributed by atoms with Crippen LogP contribution < -0.4 is 4.74 Å². The van der Waals surface area contributed by atoms with E-state index in [2.05, 4.69) is 47.2 Å². The molecule has 0 aliphatic heterocycles. The molecule has 148 valence electrons. The molecule has 1 heterocycles. The van der Waals surface area contributed by atoms with Crippen LogP contribution in [0.3, 0.4) is 0 Å². The molecule has 0 unspecified atom stereocenters. The Morgan fingerprint density at radius 1 is 0.828 bits per heavy atom. The van der Waals surface area contributed by atoms with E-state index in [0.29, 0.717) is 18.1 Å². The number of hydrogen-bond acceptors (Lipinski definition) is 4. The molecule has 0 aliphatic carbocycles. The topological polar surface area (TPSA) is 58.8 Å². The minimum atomic E-state index is 0.474. The van der Waals surface area contributed by atoms with Gasteiger partial charge in [-0.3, -0.25) is 0 Å². The number of nitrogens with zero attached hydrogens (tertiary/aromatic N) is 3. The van der Waals surface area contributed by atoms with Crippen LogP contribution in [-0.2, 0) is 13.0 Å². The van der Waals surface area contributed by atoms with Crippen LogP contribution in [-0.4, -0.2) is 9.97 Å². The van der Waals surface area contributed by atoms with Crippen molar-refractivity contribution in [1.82, 2.24) is 9.97 Å². The minimum absolute atomic E-state index is 0.474. The Morgan fingerprint density at radius 2 is 1.55 bits per heavy atom. The van der Waals surface area contributed by atoms with E-state index in [9.17, 15) is 0 Å². The molecule has 0 aliphatic rings. The van der Waals surface area contributed by atoms with Crippen LogP contribution in [0.4, 0.5) is 0 Å². The number of aryl methyl sites for hydroxylation is 1. The van der Waals surface area contributed by atoms with Gasteiger partial charge in [0.1, 0.15) is 6.61 Å². The largest absolute Gasteiger partial charge is 0.472 e. The molecule has 0 N–H and O–H groups in total. The van der Waals surface area contributed by atoms with Gasteiger partial charge in [-0.25, -0.2) is 9.97 Å². The smallest absolute Gasteiger partial charge is 0.232 e. The Labute approximate surface area is 173 Å². The zero-order chi connectivity index (χ0) is 20.3. The number of nitriles is 1. The van der Waals surface area contributed by atoms with Gasteiger partial charge in [-0.1, -0.05) is 69.0 Å². The van der Waals surface area contributed by atoms with E-state index in [1.54, 1.807) is 24.5 Å². The fourth-order valence-electron chi connectivity index (χ4n) is 3.15. The molecule has 3 rings (SSSR count). The average Bonchev–Trinajstić information content (AvgIpc) is 2.79. The highest BCUT2D eigenvalue weighted by atomic mass is 16.5. The predicted molar refractivity (Wildman–Crippen MR) is 115 cm³/mol. The van der Waals surface area contributed by atoms with Gasteiger partial charge >= 0.3 is 0 Å². The van der Waals surface area contributed by atoms with Crippen LogP contribution in [0.1, 0.15) is 55.7 Å². The highest BCUT2D eigenvalue weighted by molar-refractivity contribution is 5.59. The van der Waals surface area contributed by atoms with Crippen LogP contribution in [0.25, 0.3) is 11.3 Å². The summed E-state index contributed by atoms with van der Waals surface area (Å²) < 4.78 is 5.77. The SMILES string of the molecule is CCCCCCCc1ccc(COc2cnc(-c3ccc(C#N)cc3)cn2)cc1. The van der Waals surface area contributed by atoms with Crippen molar-refractivity contribution in [3.63, 3.8) is 0 Å². The molecule has 1 aromatic heterocycles. The quantitative estimate of drug-likeness (QED) is 0.395. The van der Waals surface area contributed by atoms with E-state index in [-0.39, 0.29) is 0 Å². The van der Waals surface area contributed by atoms with Gasteiger partial charge in [0.05, 0.1) is 29.7 Å². The zero-order valence-electron chi connectivity index (χ0n) is 17.0. The van der Waals surface area contributed by atoms with Gasteiger partial charge in [0.15, 0.2) is 0 Å². The van der Waals surface area contributed by atoms with Crippen molar-refractivity contribution < 1.29 is 4.74 Å². The maximum absolute atomic E-state index is 8.88. The molecule has 29 heavy (non-hydrogen) atoms. The number of aromatic nitrogens is 2. The lowest BCUT2D eigenvalue weighted by Crippen LogP contribution is -1.98. The van der Waals surface area contributed by atoms with Crippen molar-refractivity contribution >= 4 is 0 Å². The lowest BCUT2D eigenvalue weighted by Gasteiger charge is -2.07. The first kappa shape index (κ1) is 20.5. The summed E-state index contributed by atoms with van der Waals surface area (Å²) in [5, 5.41) is 8.88. The molecule has 0 amide bonds. The standard InChI is InChI=1S/C25H27N3O/c1-2-3-4-5-6-7-20-8-10-22(11-9-20)19-29-25-18-27-24(17-28-25)23-14-12-21(16-26)13-15-23/h8-15,17-18H,2-7,19H2,1H3. The summed E-state index contributed by atoms with van der Waals surface area (Å²) in [6.07, 6.45) is 11.0. The van der Waals surface area contributed by atoms with Crippen molar-refractivity contribution in [2.24, 2.45) is 0 Å². The molecule has 0 saturated carbocycles. The summed E-state index contributed by atoms with van der Waals surface area (Å²) >= 11 is 0. The summed E-state index contributed by atoms with van der Waals surface area (Å²) in [6.45, 7) is 2.72. The average molecular weight is 386 g/mol. The molecular weight excluding hydrogens is 358 g/mol. The zero-order valence-corrected chi connectivity index (χ0v) is 17.0. The second-order valence-electron chi connectivity index (χ2n) is 7.20. The van der Waals surface area contributed by atoms with Crippen molar-refractivity contribution in [2.45, 2.75) is 52.1 Å². The third kappa shape index (κ3) is 6.43. The predicted octanol–water partition coefficient (Wildman–Crippen LogP) is 6.11. The number of ether oxygens (including phenoxy) is 1. The summed E-state index contributed by atoms with van der Waals surface area (Å²) in [5.41, 5.74) is 4.82. The van der Waals surface area contributed by atoms with Gasteiger partial charge in [0.25, 0.3) is 0 Å². The fraction of sp³-hybridized carbons (Fsp3) is 0.320. The van der Waals surface area contributed by atoms with E-state index in [0.717, 1.165) is 23.2 Å². The third-order valence-corrected chi connectivity index (χ3v) is 4.92. The molecule has 4 nitrogen and oxygen atoms in total. The molecular formula is C25H27N3O. The van der Waals surface area contributed by atoms with E-state index >= 15 is 0 Å². The Kier molecular flexibility index (Phi) is 7.77. The Hall–Kier alpha value is -3.19. The first-order valence-electron chi connectivity index (χ1n) is 10.3. The van der Waals surface area contributed by atoms with E-state index in [4.69, 9.17) is 10.00 Å².